The normalized spacial score (nSPS) is 33.3. The van der Waals surface area contributed by atoms with Crippen molar-refractivity contribution in [2.24, 2.45) is 11.7 Å². The van der Waals surface area contributed by atoms with Crippen LogP contribution in [0.3, 0.4) is 0 Å². The number of ether oxygens (including phenoxy) is 1. The summed E-state index contributed by atoms with van der Waals surface area (Å²) >= 11 is 0. The molecule has 1 rings (SSSR count). The summed E-state index contributed by atoms with van der Waals surface area (Å²) in [4.78, 5) is 11.2. The van der Waals surface area contributed by atoms with E-state index >= 15 is 0 Å². The van der Waals surface area contributed by atoms with Gasteiger partial charge in [-0.2, -0.15) is 0 Å². The number of carbonyl (C=O) groups excluding carboxylic acids is 1. The lowest BCUT2D eigenvalue weighted by atomic mass is 9.86. The van der Waals surface area contributed by atoms with Crippen LogP contribution in [0.25, 0.3) is 0 Å². The third kappa shape index (κ3) is 2.44. The van der Waals surface area contributed by atoms with Crippen molar-refractivity contribution < 1.29 is 9.53 Å². The molecule has 0 aromatic heterocycles. The lowest BCUT2D eigenvalue weighted by Crippen LogP contribution is -2.44. The highest BCUT2D eigenvalue weighted by Crippen LogP contribution is 2.35. The maximum Gasteiger partial charge on any atom is 0.307 e. The molecule has 0 spiro atoms. The van der Waals surface area contributed by atoms with Crippen LogP contribution in [-0.4, -0.2) is 18.1 Å². The van der Waals surface area contributed by atoms with Crippen LogP contribution in [-0.2, 0) is 9.53 Å². The molecule has 76 valence electrons. The SMILES string of the molecule is CCOC(=O)CC1(N)CCCC1C. The number of esters is 1. The summed E-state index contributed by atoms with van der Waals surface area (Å²) in [5.74, 6) is 0.288. The van der Waals surface area contributed by atoms with Gasteiger partial charge < -0.3 is 10.5 Å². The first-order valence-electron chi connectivity index (χ1n) is 5.03. The molecule has 2 unspecified atom stereocenters. The summed E-state index contributed by atoms with van der Waals surface area (Å²) in [6.45, 7) is 4.38. The van der Waals surface area contributed by atoms with Crippen LogP contribution in [0.15, 0.2) is 0 Å². The van der Waals surface area contributed by atoms with Gasteiger partial charge in [-0.05, 0) is 25.7 Å². The first-order chi connectivity index (χ1) is 6.08. The van der Waals surface area contributed by atoms with E-state index < -0.39 is 0 Å². The Morgan fingerprint density at radius 3 is 2.85 bits per heavy atom. The van der Waals surface area contributed by atoms with Gasteiger partial charge in [0.05, 0.1) is 13.0 Å². The molecular weight excluding hydrogens is 166 g/mol. The van der Waals surface area contributed by atoms with E-state index in [1.807, 2.05) is 6.92 Å². The number of hydrogen-bond acceptors (Lipinski definition) is 3. The standard InChI is InChI=1S/C10H19NO2/c1-3-13-9(12)7-10(11)6-4-5-8(10)2/h8H,3-7,11H2,1-2H3. The molecule has 0 amide bonds. The number of rotatable bonds is 3. The molecule has 2 atom stereocenters. The van der Waals surface area contributed by atoms with Crippen LogP contribution in [0.4, 0.5) is 0 Å². The van der Waals surface area contributed by atoms with E-state index in [1.54, 1.807) is 0 Å². The van der Waals surface area contributed by atoms with Gasteiger partial charge in [0, 0.05) is 5.54 Å². The van der Waals surface area contributed by atoms with Crippen LogP contribution >= 0.6 is 0 Å². The minimum atomic E-state index is -0.299. The van der Waals surface area contributed by atoms with Crippen molar-refractivity contribution in [2.45, 2.75) is 45.1 Å². The number of nitrogens with two attached hydrogens (primary N) is 1. The summed E-state index contributed by atoms with van der Waals surface area (Å²) in [7, 11) is 0. The fourth-order valence-electron chi connectivity index (χ4n) is 2.01. The predicted octanol–water partition coefficient (Wildman–Crippen LogP) is 1.46. The van der Waals surface area contributed by atoms with Gasteiger partial charge in [-0.15, -0.1) is 0 Å². The Balaban J connectivity index is 2.46. The van der Waals surface area contributed by atoms with Gasteiger partial charge in [0.1, 0.15) is 0 Å². The molecule has 1 aliphatic carbocycles. The van der Waals surface area contributed by atoms with Gasteiger partial charge in [-0.3, -0.25) is 4.79 Å². The summed E-state index contributed by atoms with van der Waals surface area (Å²) in [5.41, 5.74) is 5.83. The third-order valence-electron chi connectivity index (χ3n) is 3.04. The summed E-state index contributed by atoms with van der Waals surface area (Å²) < 4.78 is 4.90. The fraction of sp³-hybridized carbons (Fsp3) is 0.900. The Morgan fingerprint density at radius 1 is 1.69 bits per heavy atom. The van der Waals surface area contributed by atoms with E-state index in [-0.39, 0.29) is 11.5 Å². The van der Waals surface area contributed by atoms with Crippen molar-refractivity contribution >= 4 is 5.97 Å². The first-order valence-corrected chi connectivity index (χ1v) is 5.03. The fourth-order valence-corrected chi connectivity index (χ4v) is 2.01. The molecule has 0 saturated heterocycles. The van der Waals surface area contributed by atoms with Gasteiger partial charge in [-0.25, -0.2) is 0 Å². The Bertz CT molecular complexity index is 193. The van der Waals surface area contributed by atoms with Crippen molar-refractivity contribution in [2.75, 3.05) is 6.61 Å². The smallest absolute Gasteiger partial charge is 0.307 e. The second-order valence-corrected chi connectivity index (χ2v) is 4.01. The van der Waals surface area contributed by atoms with E-state index in [2.05, 4.69) is 6.92 Å². The molecular formula is C10H19NO2. The van der Waals surface area contributed by atoms with Crippen molar-refractivity contribution in [3.8, 4) is 0 Å². The molecule has 0 heterocycles. The highest BCUT2D eigenvalue weighted by molar-refractivity contribution is 5.71. The molecule has 1 aliphatic rings. The molecule has 3 nitrogen and oxygen atoms in total. The number of carbonyl (C=O) groups is 1. The zero-order chi connectivity index (χ0) is 9.90. The average Bonchev–Trinajstić information content (AvgIpc) is 2.32. The molecule has 0 bridgehead atoms. The predicted molar refractivity (Wildman–Crippen MR) is 51.2 cm³/mol. The van der Waals surface area contributed by atoms with Crippen molar-refractivity contribution in [1.82, 2.24) is 0 Å². The largest absolute Gasteiger partial charge is 0.466 e. The molecule has 0 aromatic carbocycles. The highest BCUT2D eigenvalue weighted by Gasteiger charge is 2.38. The van der Waals surface area contributed by atoms with Gasteiger partial charge in [0.2, 0.25) is 0 Å². The summed E-state index contributed by atoms with van der Waals surface area (Å²) in [6, 6.07) is 0. The van der Waals surface area contributed by atoms with Crippen molar-refractivity contribution in [3.05, 3.63) is 0 Å². The molecule has 1 saturated carbocycles. The second kappa shape index (κ2) is 4.09. The quantitative estimate of drug-likeness (QED) is 0.677. The zero-order valence-corrected chi connectivity index (χ0v) is 8.51. The topological polar surface area (TPSA) is 52.3 Å². The summed E-state index contributed by atoms with van der Waals surface area (Å²) in [6.07, 6.45) is 3.60. The third-order valence-corrected chi connectivity index (χ3v) is 3.04. The van der Waals surface area contributed by atoms with E-state index in [9.17, 15) is 4.79 Å². The van der Waals surface area contributed by atoms with Crippen molar-refractivity contribution in [3.63, 3.8) is 0 Å². The zero-order valence-electron chi connectivity index (χ0n) is 8.51. The Morgan fingerprint density at radius 2 is 2.38 bits per heavy atom. The average molecular weight is 185 g/mol. The van der Waals surface area contributed by atoms with Crippen LogP contribution in [0.1, 0.15) is 39.5 Å². The van der Waals surface area contributed by atoms with Crippen LogP contribution < -0.4 is 5.73 Å². The van der Waals surface area contributed by atoms with Gasteiger partial charge in [0.25, 0.3) is 0 Å². The molecule has 0 aliphatic heterocycles. The molecule has 2 N–H and O–H groups in total. The molecule has 3 heteroatoms. The van der Waals surface area contributed by atoms with Gasteiger partial charge in [0.15, 0.2) is 0 Å². The first kappa shape index (κ1) is 10.5. The lowest BCUT2D eigenvalue weighted by molar-refractivity contribution is -0.144. The minimum Gasteiger partial charge on any atom is -0.466 e. The summed E-state index contributed by atoms with van der Waals surface area (Å²) in [5, 5.41) is 0. The van der Waals surface area contributed by atoms with Crippen LogP contribution in [0, 0.1) is 5.92 Å². The van der Waals surface area contributed by atoms with E-state index in [0.29, 0.717) is 18.9 Å². The molecule has 0 radical (unpaired) electrons. The molecule has 1 fully saturated rings. The van der Waals surface area contributed by atoms with Crippen molar-refractivity contribution in [1.29, 1.82) is 0 Å². The van der Waals surface area contributed by atoms with Gasteiger partial charge in [-0.1, -0.05) is 13.3 Å². The number of hydrogen-bond donors (Lipinski definition) is 1. The molecule has 0 aromatic rings. The maximum atomic E-state index is 11.2. The van der Waals surface area contributed by atoms with Gasteiger partial charge >= 0.3 is 5.97 Å². The highest BCUT2D eigenvalue weighted by atomic mass is 16.5. The second-order valence-electron chi connectivity index (χ2n) is 4.01. The Labute approximate surface area is 79.6 Å². The van der Waals surface area contributed by atoms with Crippen LogP contribution in [0.5, 0.6) is 0 Å². The van der Waals surface area contributed by atoms with E-state index in [4.69, 9.17) is 10.5 Å². The molecule has 13 heavy (non-hydrogen) atoms. The maximum absolute atomic E-state index is 11.2. The van der Waals surface area contributed by atoms with E-state index in [0.717, 1.165) is 19.3 Å². The van der Waals surface area contributed by atoms with E-state index in [1.165, 1.54) is 0 Å². The monoisotopic (exact) mass is 185 g/mol. The Kier molecular flexibility index (Phi) is 3.31. The Hall–Kier alpha value is -0.570. The lowest BCUT2D eigenvalue weighted by Gasteiger charge is -2.27. The minimum absolute atomic E-state index is 0.154. The van der Waals surface area contributed by atoms with Crippen LogP contribution in [0.2, 0.25) is 0 Å².